The molecule has 0 atom stereocenters. The van der Waals surface area contributed by atoms with Gasteiger partial charge in [-0.3, -0.25) is 9.59 Å². The van der Waals surface area contributed by atoms with Crippen LogP contribution in [0.15, 0.2) is 15.5 Å². The summed E-state index contributed by atoms with van der Waals surface area (Å²) in [5.74, 6) is -0.588. The third-order valence-electron chi connectivity index (χ3n) is 2.30. The van der Waals surface area contributed by atoms with Crippen molar-refractivity contribution in [3.8, 4) is 0 Å². The zero-order valence-electron chi connectivity index (χ0n) is 11.4. The Bertz CT molecular complexity index is 673. The Labute approximate surface area is 129 Å². The van der Waals surface area contributed by atoms with E-state index < -0.39 is 21.6 Å². The van der Waals surface area contributed by atoms with Crippen LogP contribution in [0.3, 0.4) is 0 Å². The second-order valence-corrected chi connectivity index (χ2v) is 6.63. The first-order valence-electron chi connectivity index (χ1n) is 5.75. The Morgan fingerprint density at radius 2 is 2.14 bits per heavy atom. The fourth-order valence-electron chi connectivity index (χ4n) is 1.32. The maximum Gasteiger partial charge on any atom is 0.327 e. The van der Waals surface area contributed by atoms with Gasteiger partial charge in [-0.05, 0) is 15.9 Å². The van der Waals surface area contributed by atoms with Gasteiger partial charge in [-0.1, -0.05) is 0 Å². The second-order valence-electron chi connectivity index (χ2n) is 4.00. The molecule has 118 valence electrons. The van der Waals surface area contributed by atoms with Crippen LogP contribution in [0.25, 0.3) is 0 Å². The largest absolute Gasteiger partial charge is 0.468 e. The summed E-state index contributed by atoms with van der Waals surface area (Å²) in [7, 11) is -2.04. The molecule has 1 rings (SSSR count). The van der Waals surface area contributed by atoms with Crippen molar-refractivity contribution >= 4 is 37.6 Å². The van der Waals surface area contributed by atoms with E-state index in [1.807, 2.05) is 0 Å². The van der Waals surface area contributed by atoms with Gasteiger partial charge < -0.3 is 10.1 Å². The Hall–Kier alpha value is -1.46. The normalized spacial score (nSPS) is 11.2. The van der Waals surface area contributed by atoms with Crippen LogP contribution in [0.1, 0.15) is 0 Å². The summed E-state index contributed by atoms with van der Waals surface area (Å²) in [6.07, 6.45) is 2.41. The number of hydrogen-bond donors (Lipinski definition) is 2. The first-order valence-corrected chi connectivity index (χ1v) is 8.44. The van der Waals surface area contributed by atoms with Crippen molar-refractivity contribution in [2.45, 2.75) is 6.54 Å². The zero-order valence-corrected chi connectivity index (χ0v) is 13.8. The number of aromatic nitrogens is 2. The SMILES string of the molecule is COC(=O)Cn1ncc(NCCNS(C)(=O)=O)c(Br)c1=O. The fourth-order valence-corrected chi connectivity index (χ4v) is 2.24. The molecular formula is C10H15BrN4O5S. The summed E-state index contributed by atoms with van der Waals surface area (Å²) >= 11 is 3.11. The van der Waals surface area contributed by atoms with Crippen molar-refractivity contribution in [3.05, 3.63) is 21.0 Å². The van der Waals surface area contributed by atoms with E-state index in [-0.39, 0.29) is 24.1 Å². The number of methoxy groups -OCH3 is 1. The molecule has 0 unspecified atom stereocenters. The van der Waals surface area contributed by atoms with Gasteiger partial charge in [0, 0.05) is 13.1 Å². The van der Waals surface area contributed by atoms with Gasteiger partial charge >= 0.3 is 5.97 Å². The zero-order chi connectivity index (χ0) is 16.0. The Morgan fingerprint density at radius 3 is 2.71 bits per heavy atom. The van der Waals surface area contributed by atoms with E-state index in [0.717, 1.165) is 10.9 Å². The summed E-state index contributed by atoms with van der Waals surface area (Å²) in [5, 5.41) is 6.68. The van der Waals surface area contributed by atoms with Crippen LogP contribution in [-0.2, 0) is 26.1 Å². The molecule has 0 saturated carbocycles. The first kappa shape index (κ1) is 17.6. The lowest BCUT2D eigenvalue weighted by molar-refractivity contribution is -0.141. The Balaban J connectivity index is 2.71. The van der Waals surface area contributed by atoms with Crippen LogP contribution in [0.2, 0.25) is 0 Å². The third kappa shape index (κ3) is 5.81. The quantitative estimate of drug-likeness (QED) is 0.465. The highest BCUT2D eigenvalue weighted by molar-refractivity contribution is 9.10. The molecule has 1 aromatic rings. The highest BCUT2D eigenvalue weighted by Gasteiger charge is 2.11. The average Bonchev–Trinajstić information content (AvgIpc) is 2.40. The molecular weight excluding hydrogens is 368 g/mol. The van der Waals surface area contributed by atoms with Crippen LogP contribution in [0.4, 0.5) is 5.69 Å². The summed E-state index contributed by atoms with van der Waals surface area (Å²) in [6.45, 7) is 0.147. The van der Waals surface area contributed by atoms with Crippen LogP contribution >= 0.6 is 15.9 Å². The van der Waals surface area contributed by atoms with Gasteiger partial charge in [0.25, 0.3) is 5.56 Å². The molecule has 0 aliphatic carbocycles. The number of nitrogens with zero attached hydrogens (tertiary/aromatic N) is 2. The number of carbonyl (C=O) groups excluding carboxylic acids is 1. The molecule has 0 spiro atoms. The van der Waals surface area contributed by atoms with Crippen molar-refractivity contribution < 1.29 is 17.9 Å². The van der Waals surface area contributed by atoms with Gasteiger partial charge in [-0.15, -0.1) is 0 Å². The molecule has 0 bridgehead atoms. The number of sulfonamides is 1. The third-order valence-corrected chi connectivity index (χ3v) is 3.79. The molecule has 0 saturated heterocycles. The number of carbonyl (C=O) groups is 1. The number of ether oxygens (including phenoxy) is 1. The first-order chi connectivity index (χ1) is 9.74. The predicted molar refractivity (Wildman–Crippen MR) is 79.5 cm³/mol. The fraction of sp³-hybridized carbons (Fsp3) is 0.500. The van der Waals surface area contributed by atoms with Gasteiger partial charge in [0.15, 0.2) is 0 Å². The number of nitrogens with one attached hydrogen (secondary N) is 2. The minimum atomic E-state index is -3.25. The predicted octanol–water partition coefficient (Wildman–Crippen LogP) is -0.860. The standard InChI is InChI=1S/C10H15BrN4O5S/c1-20-8(16)6-15-10(17)9(11)7(5-13-15)12-3-4-14-21(2,18)19/h5,12,14H,3-4,6H2,1-2H3. The molecule has 0 aromatic carbocycles. The molecule has 9 nitrogen and oxygen atoms in total. The maximum atomic E-state index is 11.9. The smallest absolute Gasteiger partial charge is 0.327 e. The average molecular weight is 383 g/mol. The Morgan fingerprint density at radius 1 is 1.48 bits per heavy atom. The van der Waals surface area contributed by atoms with Crippen molar-refractivity contribution in [2.24, 2.45) is 0 Å². The molecule has 0 fully saturated rings. The van der Waals surface area contributed by atoms with E-state index in [1.165, 1.54) is 13.3 Å². The molecule has 0 amide bonds. The van der Waals surface area contributed by atoms with E-state index >= 15 is 0 Å². The van der Waals surface area contributed by atoms with Crippen molar-refractivity contribution in [1.82, 2.24) is 14.5 Å². The lowest BCUT2D eigenvalue weighted by Gasteiger charge is -2.10. The molecule has 21 heavy (non-hydrogen) atoms. The molecule has 0 aliphatic heterocycles. The minimum Gasteiger partial charge on any atom is -0.468 e. The second kappa shape index (κ2) is 7.52. The van der Waals surface area contributed by atoms with E-state index in [0.29, 0.717) is 5.69 Å². The lowest BCUT2D eigenvalue weighted by atomic mass is 10.4. The monoisotopic (exact) mass is 382 g/mol. The highest BCUT2D eigenvalue weighted by Crippen LogP contribution is 2.15. The topological polar surface area (TPSA) is 119 Å². The number of esters is 1. The maximum absolute atomic E-state index is 11.9. The van der Waals surface area contributed by atoms with Gasteiger partial charge in [-0.2, -0.15) is 5.10 Å². The molecule has 0 radical (unpaired) electrons. The highest BCUT2D eigenvalue weighted by atomic mass is 79.9. The van der Waals surface area contributed by atoms with Crippen LogP contribution in [-0.4, -0.2) is 50.6 Å². The molecule has 11 heteroatoms. The van der Waals surface area contributed by atoms with Gasteiger partial charge in [0.05, 0.1) is 25.2 Å². The van der Waals surface area contributed by atoms with Crippen LogP contribution < -0.4 is 15.6 Å². The minimum absolute atomic E-state index is 0.163. The summed E-state index contributed by atoms with van der Waals surface area (Å²) < 4.78 is 29.7. The number of hydrogen-bond acceptors (Lipinski definition) is 7. The van der Waals surface area contributed by atoms with Crippen molar-refractivity contribution in [2.75, 3.05) is 31.8 Å². The van der Waals surface area contributed by atoms with Crippen molar-refractivity contribution in [3.63, 3.8) is 0 Å². The molecule has 1 heterocycles. The van der Waals surface area contributed by atoms with Crippen LogP contribution in [0.5, 0.6) is 0 Å². The molecule has 0 aliphatic rings. The van der Waals surface area contributed by atoms with Gasteiger partial charge in [-0.25, -0.2) is 17.8 Å². The number of rotatable bonds is 7. The van der Waals surface area contributed by atoms with Crippen LogP contribution in [0, 0.1) is 0 Å². The summed E-state index contributed by atoms with van der Waals surface area (Å²) in [6, 6.07) is 0. The number of halogens is 1. The lowest BCUT2D eigenvalue weighted by Crippen LogP contribution is -2.30. The van der Waals surface area contributed by atoms with E-state index in [2.05, 4.69) is 35.8 Å². The van der Waals surface area contributed by atoms with E-state index in [4.69, 9.17) is 0 Å². The Kier molecular flexibility index (Phi) is 6.30. The van der Waals surface area contributed by atoms with E-state index in [1.54, 1.807) is 0 Å². The van der Waals surface area contributed by atoms with E-state index in [9.17, 15) is 18.0 Å². The van der Waals surface area contributed by atoms with Crippen molar-refractivity contribution in [1.29, 1.82) is 0 Å². The summed E-state index contributed by atoms with van der Waals surface area (Å²) in [5.41, 5.74) is -0.0992. The molecule has 2 N–H and O–H groups in total. The summed E-state index contributed by atoms with van der Waals surface area (Å²) in [4.78, 5) is 23.0. The van der Waals surface area contributed by atoms with Gasteiger partial charge in [0.2, 0.25) is 10.0 Å². The number of anilines is 1. The molecule has 1 aromatic heterocycles. The van der Waals surface area contributed by atoms with Gasteiger partial charge in [0.1, 0.15) is 11.0 Å².